The van der Waals surface area contributed by atoms with Crippen LogP contribution in [-0.4, -0.2) is 5.11 Å². The molecule has 1 aromatic carbocycles. The number of benzene rings is 1. The van der Waals surface area contributed by atoms with Gasteiger partial charge in [-0.15, -0.1) is 0 Å². The first-order valence-corrected chi connectivity index (χ1v) is 3.57. The lowest BCUT2D eigenvalue weighted by molar-refractivity contribution is 0.199. The molecule has 0 radical (unpaired) electrons. The quantitative estimate of drug-likeness (QED) is 0.656. The molecule has 0 bridgehead atoms. The highest BCUT2D eigenvalue weighted by Crippen LogP contribution is 2.15. The van der Waals surface area contributed by atoms with Crippen LogP contribution in [0.15, 0.2) is 18.2 Å². The Hall–Kier alpha value is -0.820. The number of aryl methyl sites for hydroxylation is 2. The molecule has 1 rings (SSSR count). The Bertz CT molecular complexity index is 331. The Morgan fingerprint density at radius 2 is 2.09 bits per heavy atom. The minimum Gasteiger partial charge on any atom is -0.389 e. The fourth-order valence-corrected chi connectivity index (χ4v) is 0.935. The van der Waals surface area contributed by atoms with Crippen LogP contribution >= 0.6 is 0 Å². The van der Waals surface area contributed by atoms with E-state index in [1.165, 1.54) is 0 Å². The van der Waals surface area contributed by atoms with E-state index in [1.807, 2.05) is 19.9 Å². The van der Waals surface area contributed by atoms with Crippen molar-refractivity contribution in [1.82, 2.24) is 0 Å². The molecule has 1 atom stereocenters. The molecule has 0 spiro atoms. The van der Waals surface area contributed by atoms with Crippen LogP contribution in [-0.2, 0) is 0 Å². The summed E-state index contributed by atoms with van der Waals surface area (Å²) in [5.74, 6) is 0. The van der Waals surface area contributed by atoms with Crippen molar-refractivity contribution < 1.29 is 9.22 Å². The largest absolute Gasteiger partial charge is 0.389 e. The molecule has 1 heteroatoms. The summed E-state index contributed by atoms with van der Waals surface area (Å²) in [4.78, 5) is 0. The molecule has 0 aliphatic rings. The fraction of sp³-hybridized carbons (Fsp3) is 0.400. The standard InChI is InChI=1S/C10H14O/c1-7-4-5-10(9(3)11)6-8(7)2/h4-6,9,11H,1-3H3/i3D3. The molecule has 1 aromatic rings. The molecular weight excluding hydrogens is 136 g/mol. The topological polar surface area (TPSA) is 20.2 Å². The summed E-state index contributed by atoms with van der Waals surface area (Å²) in [5.41, 5.74) is 2.53. The second-order valence-corrected chi connectivity index (χ2v) is 2.75. The molecule has 11 heavy (non-hydrogen) atoms. The third-order valence-electron chi connectivity index (χ3n) is 1.85. The van der Waals surface area contributed by atoms with E-state index in [4.69, 9.17) is 4.11 Å². The van der Waals surface area contributed by atoms with Crippen molar-refractivity contribution in [2.45, 2.75) is 26.8 Å². The van der Waals surface area contributed by atoms with Crippen LogP contribution < -0.4 is 0 Å². The Balaban J connectivity index is 3.03. The van der Waals surface area contributed by atoms with Crippen LogP contribution in [0.1, 0.15) is 33.8 Å². The second-order valence-electron chi connectivity index (χ2n) is 2.75. The van der Waals surface area contributed by atoms with E-state index >= 15 is 0 Å². The van der Waals surface area contributed by atoms with Crippen LogP contribution in [0, 0.1) is 13.8 Å². The van der Waals surface area contributed by atoms with Crippen molar-refractivity contribution in [2.24, 2.45) is 0 Å². The fourth-order valence-electron chi connectivity index (χ4n) is 0.935. The van der Waals surface area contributed by atoms with Crippen LogP contribution in [0.4, 0.5) is 0 Å². The molecule has 0 heterocycles. The van der Waals surface area contributed by atoms with E-state index in [1.54, 1.807) is 12.1 Å². The van der Waals surface area contributed by atoms with E-state index in [9.17, 15) is 5.11 Å². The number of hydrogen-bond donors (Lipinski definition) is 1. The minimum absolute atomic E-state index is 0.452. The van der Waals surface area contributed by atoms with E-state index in [0.29, 0.717) is 5.56 Å². The highest BCUT2D eigenvalue weighted by molar-refractivity contribution is 5.30. The van der Waals surface area contributed by atoms with Gasteiger partial charge in [0.1, 0.15) is 0 Å². The third-order valence-corrected chi connectivity index (χ3v) is 1.85. The number of aliphatic hydroxyl groups is 1. The molecule has 0 amide bonds. The Morgan fingerprint density at radius 3 is 2.64 bits per heavy atom. The van der Waals surface area contributed by atoms with Gasteiger partial charge in [-0.25, -0.2) is 0 Å². The first-order chi connectivity index (χ1) is 6.32. The molecular formula is C10H14O. The van der Waals surface area contributed by atoms with Crippen molar-refractivity contribution >= 4 is 0 Å². The average Bonchev–Trinajstić information content (AvgIpc) is 2.07. The zero-order valence-electron chi connectivity index (χ0n) is 9.76. The summed E-state index contributed by atoms with van der Waals surface area (Å²) in [6.07, 6.45) is -1.39. The number of aliphatic hydroxyl groups excluding tert-OH is 1. The minimum atomic E-state index is -2.35. The van der Waals surface area contributed by atoms with E-state index in [0.717, 1.165) is 11.1 Å². The number of rotatable bonds is 1. The predicted octanol–water partition coefficient (Wildman–Crippen LogP) is 2.36. The lowest BCUT2D eigenvalue weighted by Crippen LogP contribution is -1.92. The van der Waals surface area contributed by atoms with Crippen LogP contribution in [0.25, 0.3) is 0 Å². The maximum Gasteiger partial charge on any atom is 0.0762 e. The summed E-state index contributed by atoms with van der Waals surface area (Å²) < 4.78 is 21.2. The predicted molar refractivity (Wildman–Crippen MR) is 46.5 cm³/mol. The molecule has 1 nitrogen and oxygen atoms in total. The van der Waals surface area contributed by atoms with Crippen LogP contribution in [0.2, 0.25) is 0 Å². The van der Waals surface area contributed by atoms with Crippen molar-refractivity contribution in [3.63, 3.8) is 0 Å². The first kappa shape index (κ1) is 4.94. The Kier molecular flexibility index (Phi) is 1.37. The summed E-state index contributed by atoms with van der Waals surface area (Å²) in [6.45, 7) is 1.49. The first-order valence-electron chi connectivity index (χ1n) is 5.07. The SMILES string of the molecule is [2H]C([2H])([2H])C(O)c1ccc(C)c(C)c1. The van der Waals surface area contributed by atoms with Gasteiger partial charge in [0.2, 0.25) is 0 Å². The van der Waals surface area contributed by atoms with E-state index < -0.39 is 13.0 Å². The summed E-state index contributed by atoms with van der Waals surface area (Å²) in [5, 5.41) is 9.51. The Morgan fingerprint density at radius 1 is 1.36 bits per heavy atom. The summed E-state index contributed by atoms with van der Waals surface area (Å²) in [7, 11) is 0. The van der Waals surface area contributed by atoms with Gasteiger partial charge in [-0.3, -0.25) is 0 Å². The van der Waals surface area contributed by atoms with Gasteiger partial charge in [0.15, 0.2) is 0 Å². The zero-order valence-corrected chi connectivity index (χ0v) is 6.76. The van der Waals surface area contributed by atoms with Gasteiger partial charge in [0.05, 0.1) is 6.10 Å². The normalized spacial score (nSPS) is 18.3. The summed E-state index contributed by atoms with van der Waals surface area (Å²) in [6, 6.07) is 5.19. The average molecular weight is 153 g/mol. The lowest BCUT2D eigenvalue weighted by atomic mass is 10.0. The molecule has 0 fully saturated rings. The lowest BCUT2D eigenvalue weighted by Gasteiger charge is -2.06. The second kappa shape index (κ2) is 3.05. The number of hydrogen-bond acceptors (Lipinski definition) is 1. The molecule has 0 aliphatic carbocycles. The van der Waals surface area contributed by atoms with Crippen molar-refractivity contribution in [1.29, 1.82) is 0 Å². The zero-order chi connectivity index (χ0) is 10.9. The molecule has 60 valence electrons. The molecule has 1 unspecified atom stereocenters. The monoisotopic (exact) mass is 153 g/mol. The smallest absolute Gasteiger partial charge is 0.0762 e. The van der Waals surface area contributed by atoms with Gasteiger partial charge in [0.25, 0.3) is 0 Å². The van der Waals surface area contributed by atoms with Crippen LogP contribution in [0.5, 0.6) is 0 Å². The molecule has 0 aromatic heterocycles. The highest BCUT2D eigenvalue weighted by atomic mass is 16.3. The maximum absolute atomic E-state index is 9.51. The van der Waals surface area contributed by atoms with Crippen molar-refractivity contribution in [2.75, 3.05) is 0 Å². The van der Waals surface area contributed by atoms with Gasteiger partial charge in [-0.1, -0.05) is 18.2 Å². The van der Waals surface area contributed by atoms with E-state index in [2.05, 4.69) is 0 Å². The Labute approximate surface area is 71.9 Å². The van der Waals surface area contributed by atoms with Gasteiger partial charge < -0.3 is 5.11 Å². The maximum atomic E-state index is 9.51. The van der Waals surface area contributed by atoms with Gasteiger partial charge in [0, 0.05) is 4.11 Å². The van der Waals surface area contributed by atoms with Crippen molar-refractivity contribution in [3.8, 4) is 0 Å². The molecule has 0 saturated carbocycles. The highest BCUT2D eigenvalue weighted by Gasteiger charge is 2.00. The summed E-state index contributed by atoms with van der Waals surface area (Å²) >= 11 is 0. The molecule has 1 N–H and O–H groups in total. The van der Waals surface area contributed by atoms with Gasteiger partial charge in [-0.2, -0.15) is 0 Å². The van der Waals surface area contributed by atoms with Crippen molar-refractivity contribution in [3.05, 3.63) is 34.9 Å². The molecule has 0 saturated heterocycles. The van der Waals surface area contributed by atoms with Gasteiger partial charge >= 0.3 is 0 Å². The van der Waals surface area contributed by atoms with Crippen LogP contribution in [0.3, 0.4) is 0 Å². The van der Waals surface area contributed by atoms with Gasteiger partial charge in [-0.05, 0) is 37.4 Å². The third kappa shape index (κ3) is 1.81. The van der Waals surface area contributed by atoms with E-state index in [-0.39, 0.29) is 0 Å². The molecule has 0 aliphatic heterocycles.